The van der Waals surface area contributed by atoms with E-state index in [9.17, 15) is 9.59 Å². The van der Waals surface area contributed by atoms with Gasteiger partial charge in [0.2, 0.25) is 5.91 Å². The molecule has 2 aromatic heterocycles. The van der Waals surface area contributed by atoms with Crippen LogP contribution < -0.4 is 0 Å². The van der Waals surface area contributed by atoms with Crippen molar-refractivity contribution in [3.8, 4) is 0 Å². The van der Waals surface area contributed by atoms with Gasteiger partial charge in [-0.25, -0.2) is 9.78 Å². The number of carbonyl (C=O) groups is 2. The predicted octanol–water partition coefficient (Wildman–Crippen LogP) is 3.59. The number of rotatable bonds is 10. The lowest BCUT2D eigenvalue weighted by molar-refractivity contribution is -0.155. The first-order valence-electron chi connectivity index (χ1n) is 10.5. The summed E-state index contributed by atoms with van der Waals surface area (Å²) >= 11 is 0. The van der Waals surface area contributed by atoms with E-state index in [1.54, 1.807) is 31.3 Å². The van der Waals surface area contributed by atoms with Gasteiger partial charge in [-0.05, 0) is 45.1 Å². The van der Waals surface area contributed by atoms with E-state index in [0.717, 1.165) is 36.2 Å². The van der Waals surface area contributed by atoms with Crippen LogP contribution in [0.3, 0.4) is 0 Å². The molecule has 2 atom stereocenters. The van der Waals surface area contributed by atoms with E-state index in [1.807, 2.05) is 33.8 Å². The van der Waals surface area contributed by atoms with Crippen molar-refractivity contribution in [3.63, 3.8) is 0 Å². The summed E-state index contributed by atoms with van der Waals surface area (Å²) in [7, 11) is 1.71. The molecule has 0 aliphatic carbocycles. The smallest absolute Gasteiger partial charge is 0.328 e. The third-order valence-electron chi connectivity index (χ3n) is 5.25. The van der Waals surface area contributed by atoms with Gasteiger partial charge in [-0.15, -0.1) is 0 Å². The Kier molecular flexibility index (Phi) is 8.17. The first-order chi connectivity index (χ1) is 13.8. The Morgan fingerprint density at radius 1 is 1.28 bits per heavy atom. The fourth-order valence-electron chi connectivity index (χ4n) is 3.66. The summed E-state index contributed by atoms with van der Waals surface area (Å²) in [5.74, 6) is 0.740. The number of amides is 1. The molecule has 0 fully saturated rings. The third-order valence-corrected chi connectivity index (χ3v) is 5.25. The van der Waals surface area contributed by atoms with Gasteiger partial charge < -0.3 is 14.2 Å². The molecular weight excluding hydrogens is 368 g/mol. The lowest BCUT2D eigenvalue weighted by atomic mass is 9.99. The van der Waals surface area contributed by atoms with Crippen molar-refractivity contribution in [1.29, 1.82) is 0 Å². The van der Waals surface area contributed by atoms with Gasteiger partial charge in [0.15, 0.2) is 0 Å². The molecule has 1 unspecified atom stereocenters. The Balaban J connectivity index is 1.97. The standard InChI is InChI=1S/C22H34N4O3/c1-7-29-22(28)20(13-15(2)3)25(6)21(27)16(4)9-8-12-26-17(5)24-18-14-23-11-10-19(18)26/h10-11,14-16,20H,7-9,12-13H2,1-6H3/t16?,20-/m0/s1. The minimum atomic E-state index is -0.530. The highest BCUT2D eigenvalue weighted by Crippen LogP contribution is 2.19. The van der Waals surface area contributed by atoms with Crippen LogP contribution in [0.2, 0.25) is 0 Å². The molecule has 2 rings (SSSR count). The summed E-state index contributed by atoms with van der Waals surface area (Å²) in [5.41, 5.74) is 1.95. The molecule has 0 saturated carbocycles. The molecule has 7 heteroatoms. The maximum atomic E-state index is 12.9. The molecule has 1 amide bonds. The van der Waals surface area contributed by atoms with Crippen molar-refractivity contribution in [2.75, 3.05) is 13.7 Å². The number of likely N-dealkylation sites (N-methyl/N-ethyl adjacent to an activating group) is 1. The highest BCUT2D eigenvalue weighted by molar-refractivity contribution is 5.85. The number of pyridine rings is 1. The van der Waals surface area contributed by atoms with Gasteiger partial charge in [0, 0.05) is 25.7 Å². The molecule has 0 aromatic carbocycles. The minimum Gasteiger partial charge on any atom is -0.464 e. The van der Waals surface area contributed by atoms with E-state index in [2.05, 4.69) is 14.5 Å². The molecule has 0 N–H and O–H groups in total. The van der Waals surface area contributed by atoms with Crippen LogP contribution in [-0.2, 0) is 20.9 Å². The maximum absolute atomic E-state index is 12.9. The number of esters is 1. The second-order valence-corrected chi connectivity index (χ2v) is 8.06. The molecule has 0 bridgehead atoms. The Bertz CT molecular complexity index is 831. The minimum absolute atomic E-state index is 0.0138. The summed E-state index contributed by atoms with van der Waals surface area (Å²) in [4.78, 5) is 35.5. The topological polar surface area (TPSA) is 77.3 Å². The Hall–Kier alpha value is -2.44. The largest absolute Gasteiger partial charge is 0.464 e. The number of carbonyl (C=O) groups excluding carboxylic acids is 2. The molecular formula is C22H34N4O3. The Morgan fingerprint density at radius 2 is 2.00 bits per heavy atom. The van der Waals surface area contributed by atoms with Gasteiger partial charge in [0.1, 0.15) is 17.4 Å². The zero-order valence-electron chi connectivity index (χ0n) is 18.5. The average Bonchev–Trinajstić information content (AvgIpc) is 3.00. The van der Waals surface area contributed by atoms with E-state index in [1.165, 1.54) is 0 Å². The van der Waals surface area contributed by atoms with Crippen molar-refractivity contribution in [1.82, 2.24) is 19.4 Å². The van der Waals surface area contributed by atoms with Crippen LogP contribution in [-0.4, -0.2) is 51.0 Å². The number of ether oxygens (including phenoxy) is 1. The summed E-state index contributed by atoms with van der Waals surface area (Å²) in [6, 6.07) is 1.44. The molecule has 0 radical (unpaired) electrons. The van der Waals surface area contributed by atoms with Gasteiger partial charge in [-0.2, -0.15) is 0 Å². The number of hydrogen-bond acceptors (Lipinski definition) is 5. The summed E-state index contributed by atoms with van der Waals surface area (Å²) in [5, 5.41) is 0. The Labute approximate surface area is 173 Å². The third kappa shape index (κ3) is 5.78. The predicted molar refractivity (Wildman–Crippen MR) is 113 cm³/mol. The Morgan fingerprint density at radius 3 is 2.66 bits per heavy atom. The zero-order valence-corrected chi connectivity index (χ0v) is 18.5. The van der Waals surface area contributed by atoms with Crippen molar-refractivity contribution in [2.24, 2.45) is 11.8 Å². The number of hydrogen-bond donors (Lipinski definition) is 0. The quantitative estimate of drug-likeness (QED) is 0.568. The van der Waals surface area contributed by atoms with Gasteiger partial charge in [-0.3, -0.25) is 9.78 Å². The fraction of sp³-hybridized carbons (Fsp3) is 0.636. The average molecular weight is 403 g/mol. The van der Waals surface area contributed by atoms with E-state index in [4.69, 9.17) is 4.74 Å². The molecule has 0 spiro atoms. The monoisotopic (exact) mass is 402 g/mol. The van der Waals surface area contributed by atoms with Gasteiger partial charge in [-0.1, -0.05) is 20.8 Å². The lowest BCUT2D eigenvalue weighted by Gasteiger charge is -2.30. The number of fused-ring (bicyclic) bond motifs is 1. The molecule has 2 heterocycles. The van der Waals surface area contributed by atoms with E-state index in [0.29, 0.717) is 18.9 Å². The van der Waals surface area contributed by atoms with E-state index >= 15 is 0 Å². The molecule has 0 aliphatic rings. The fourth-order valence-corrected chi connectivity index (χ4v) is 3.66. The van der Waals surface area contributed by atoms with Crippen LogP contribution in [0, 0.1) is 18.8 Å². The zero-order chi connectivity index (χ0) is 21.6. The molecule has 2 aromatic rings. The maximum Gasteiger partial charge on any atom is 0.328 e. The number of aryl methyl sites for hydroxylation is 2. The second-order valence-electron chi connectivity index (χ2n) is 8.06. The van der Waals surface area contributed by atoms with Crippen molar-refractivity contribution < 1.29 is 14.3 Å². The normalized spacial score (nSPS) is 13.5. The summed E-state index contributed by atoms with van der Waals surface area (Å²) < 4.78 is 7.36. The van der Waals surface area contributed by atoms with Crippen molar-refractivity contribution in [2.45, 2.75) is 66.5 Å². The van der Waals surface area contributed by atoms with Crippen LogP contribution in [0.5, 0.6) is 0 Å². The molecule has 0 saturated heterocycles. The molecule has 0 aliphatic heterocycles. The van der Waals surface area contributed by atoms with Crippen LogP contribution in [0.1, 0.15) is 52.8 Å². The summed E-state index contributed by atoms with van der Waals surface area (Å²) in [6.45, 7) is 10.9. The van der Waals surface area contributed by atoms with Crippen molar-refractivity contribution >= 4 is 22.9 Å². The number of nitrogens with zero attached hydrogens (tertiary/aromatic N) is 4. The van der Waals surface area contributed by atoms with E-state index in [-0.39, 0.29) is 17.8 Å². The SMILES string of the molecule is CCOC(=O)[C@H](CC(C)C)N(C)C(=O)C(C)CCCn1c(C)nc2cnccc21. The molecule has 7 nitrogen and oxygen atoms in total. The van der Waals surface area contributed by atoms with Gasteiger partial charge in [0.05, 0.1) is 18.3 Å². The molecule has 29 heavy (non-hydrogen) atoms. The lowest BCUT2D eigenvalue weighted by Crippen LogP contribution is -2.46. The second kappa shape index (κ2) is 10.4. The highest BCUT2D eigenvalue weighted by Gasteiger charge is 2.30. The number of aromatic nitrogens is 3. The summed E-state index contributed by atoms with van der Waals surface area (Å²) in [6.07, 6.45) is 5.73. The number of imidazole rings is 1. The highest BCUT2D eigenvalue weighted by atomic mass is 16.5. The van der Waals surface area contributed by atoms with Crippen LogP contribution in [0.4, 0.5) is 0 Å². The first kappa shape index (κ1) is 22.8. The van der Waals surface area contributed by atoms with Crippen LogP contribution in [0.25, 0.3) is 11.0 Å². The van der Waals surface area contributed by atoms with E-state index < -0.39 is 6.04 Å². The first-order valence-corrected chi connectivity index (χ1v) is 10.5. The van der Waals surface area contributed by atoms with Gasteiger partial charge >= 0.3 is 5.97 Å². The van der Waals surface area contributed by atoms with Crippen LogP contribution in [0.15, 0.2) is 18.5 Å². The molecule has 160 valence electrons. The van der Waals surface area contributed by atoms with Gasteiger partial charge in [0.25, 0.3) is 0 Å². The van der Waals surface area contributed by atoms with Crippen LogP contribution >= 0.6 is 0 Å². The van der Waals surface area contributed by atoms with Crippen molar-refractivity contribution in [3.05, 3.63) is 24.3 Å².